The highest BCUT2D eigenvalue weighted by molar-refractivity contribution is 5.90. The number of fused-ring (bicyclic) bond motifs is 1. The quantitative estimate of drug-likeness (QED) is 0.409. The molecule has 4 rings (SSSR count). The van der Waals surface area contributed by atoms with Crippen LogP contribution in [0.25, 0.3) is 10.9 Å². The summed E-state index contributed by atoms with van der Waals surface area (Å²) in [5.41, 5.74) is 2.23. The number of nitrogens with zero attached hydrogens (tertiary/aromatic N) is 3. The van der Waals surface area contributed by atoms with Gasteiger partial charge >= 0.3 is 0 Å². The molecule has 2 aromatic carbocycles. The van der Waals surface area contributed by atoms with Crippen LogP contribution in [0.15, 0.2) is 54.6 Å². The van der Waals surface area contributed by atoms with Gasteiger partial charge in [-0.3, -0.25) is 0 Å². The molecule has 0 radical (unpaired) electrons. The Morgan fingerprint density at radius 2 is 1.70 bits per heavy atom. The highest BCUT2D eigenvalue weighted by Crippen LogP contribution is 2.28. The molecular weight excluding hydrogens is 410 g/mol. The van der Waals surface area contributed by atoms with E-state index in [-0.39, 0.29) is 0 Å². The molecule has 1 heterocycles. The minimum atomic E-state index is 0.448. The second kappa shape index (κ2) is 12.0. The number of benzene rings is 2. The van der Waals surface area contributed by atoms with Gasteiger partial charge < -0.3 is 20.3 Å². The lowest BCUT2D eigenvalue weighted by molar-refractivity contribution is 0.118. The van der Waals surface area contributed by atoms with E-state index in [1.807, 2.05) is 32.3 Å². The van der Waals surface area contributed by atoms with Gasteiger partial charge in [0.05, 0.1) is 12.1 Å². The zero-order chi connectivity index (χ0) is 22.9. The van der Waals surface area contributed by atoms with Gasteiger partial charge in [0.2, 0.25) is 5.95 Å². The van der Waals surface area contributed by atoms with E-state index < -0.39 is 0 Å². The molecule has 1 aliphatic rings. The molecule has 2 N–H and O–H groups in total. The van der Waals surface area contributed by atoms with Crippen molar-refractivity contribution in [2.24, 2.45) is 5.92 Å². The Morgan fingerprint density at radius 1 is 0.939 bits per heavy atom. The van der Waals surface area contributed by atoms with Crippen molar-refractivity contribution in [3.63, 3.8) is 0 Å². The summed E-state index contributed by atoms with van der Waals surface area (Å²) in [5, 5.41) is 8.33. The smallest absolute Gasteiger partial charge is 0.225 e. The molecule has 0 amide bonds. The molecule has 0 saturated heterocycles. The molecule has 33 heavy (non-hydrogen) atoms. The number of hydrogen-bond acceptors (Lipinski definition) is 6. The predicted molar refractivity (Wildman–Crippen MR) is 137 cm³/mol. The molecule has 0 atom stereocenters. The van der Waals surface area contributed by atoms with Crippen molar-refractivity contribution < 1.29 is 4.74 Å². The lowest BCUT2D eigenvalue weighted by Gasteiger charge is -2.29. The summed E-state index contributed by atoms with van der Waals surface area (Å²) in [6.45, 7) is 3.63. The summed E-state index contributed by atoms with van der Waals surface area (Å²) in [4.78, 5) is 11.6. The Labute approximate surface area is 197 Å². The van der Waals surface area contributed by atoms with Gasteiger partial charge in [0, 0.05) is 32.1 Å². The molecule has 0 spiro atoms. The summed E-state index contributed by atoms with van der Waals surface area (Å²) in [6, 6.07) is 19.0. The number of para-hydroxylation sites is 1. The van der Waals surface area contributed by atoms with Crippen LogP contribution in [0.1, 0.15) is 37.7 Å². The summed E-state index contributed by atoms with van der Waals surface area (Å²) < 4.78 is 5.77. The molecule has 1 aromatic heterocycles. The maximum Gasteiger partial charge on any atom is 0.225 e. The summed E-state index contributed by atoms with van der Waals surface area (Å²) in [6.07, 6.45) is 5.86. The van der Waals surface area contributed by atoms with E-state index in [0.717, 1.165) is 54.7 Å². The fraction of sp³-hybridized carbons (Fsp3) is 0.481. The lowest BCUT2D eigenvalue weighted by atomic mass is 9.86. The first-order valence-electron chi connectivity index (χ1n) is 12.2. The standard InChI is InChI=1S/C27H37N5O/c1-32(2)26-24-11-6-7-12-25(24)30-27(31-26)29-23-15-13-21(14-16-23)19-28-17-8-18-33-20-22-9-4-3-5-10-22/h3-7,9-12,21,23,28H,8,13-20H2,1-2H3,(H,29,30,31). The van der Waals surface area contributed by atoms with E-state index in [9.17, 15) is 0 Å². The number of ether oxygens (including phenoxy) is 1. The van der Waals surface area contributed by atoms with Gasteiger partial charge in [0.1, 0.15) is 5.82 Å². The Balaban J connectivity index is 1.14. The Morgan fingerprint density at radius 3 is 2.48 bits per heavy atom. The number of aromatic nitrogens is 2. The third kappa shape index (κ3) is 6.89. The molecule has 0 unspecified atom stereocenters. The van der Waals surface area contributed by atoms with Gasteiger partial charge in [-0.2, -0.15) is 4.98 Å². The number of hydrogen-bond donors (Lipinski definition) is 2. The maximum atomic E-state index is 5.77. The van der Waals surface area contributed by atoms with Gasteiger partial charge in [0.15, 0.2) is 0 Å². The molecule has 6 heteroatoms. The van der Waals surface area contributed by atoms with E-state index in [1.54, 1.807) is 0 Å². The second-order valence-corrected chi connectivity index (χ2v) is 9.24. The van der Waals surface area contributed by atoms with Gasteiger partial charge in [0.25, 0.3) is 0 Å². The number of anilines is 2. The summed E-state index contributed by atoms with van der Waals surface area (Å²) >= 11 is 0. The lowest BCUT2D eigenvalue weighted by Crippen LogP contribution is -2.32. The molecule has 176 valence electrons. The highest BCUT2D eigenvalue weighted by atomic mass is 16.5. The Kier molecular flexibility index (Phi) is 8.50. The highest BCUT2D eigenvalue weighted by Gasteiger charge is 2.22. The fourth-order valence-corrected chi connectivity index (χ4v) is 4.53. The van der Waals surface area contributed by atoms with Crippen molar-refractivity contribution in [2.75, 3.05) is 44.0 Å². The van der Waals surface area contributed by atoms with Crippen molar-refractivity contribution in [1.82, 2.24) is 15.3 Å². The zero-order valence-corrected chi connectivity index (χ0v) is 20.0. The first-order valence-corrected chi connectivity index (χ1v) is 12.2. The summed E-state index contributed by atoms with van der Waals surface area (Å²) in [5.74, 6) is 2.46. The molecule has 1 aliphatic carbocycles. The topological polar surface area (TPSA) is 62.3 Å². The van der Waals surface area contributed by atoms with E-state index in [2.05, 4.69) is 51.9 Å². The summed E-state index contributed by atoms with van der Waals surface area (Å²) in [7, 11) is 4.07. The SMILES string of the molecule is CN(C)c1nc(NC2CCC(CNCCCOCc3ccccc3)CC2)nc2ccccc12. The minimum Gasteiger partial charge on any atom is -0.377 e. The molecule has 0 bridgehead atoms. The normalized spacial score (nSPS) is 18.4. The van der Waals surface area contributed by atoms with Crippen molar-refractivity contribution >= 4 is 22.7 Å². The van der Waals surface area contributed by atoms with Gasteiger partial charge in [-0.25, -0.2) is 4.98 Å². The zero-order valence-electron chi connectivity index (χ0n) is 20.0. The molecule has 6 nitrogen and oxygen atoms in total. The van der Waals surface area contributed by atoms with Crippen molar-refractivity contribution in [1.29, 1.82) is 0 Å². The Bertz CT molecular complexity index is 986. The average molecular weight is 448 g/mol. The molecule has 3 aromatic rings. The molecule has 1 saturated carbocycles. The first kappa shape index (κ1) is 23.5. The van der Waals surface area contributed by atoms with E-state index in [0.29, 0.717) is 12.6 Å². The second-order valence-electron chi connectivity index (χ2n) is 9.24. The third-order valence-corrected chi connectivity index (χ3v) is 6.37. The van der Waals surface area contributed by atoms with Crippen LogP contribution in [-0.4, -0.2) is 49.8 Å². The minimum absolute atomic E-state index is 0.448. The first-order chi connectivity index (χ1) is 16.2. The van der Waals surface area contributed by atoms with Gasteiger partial charge in [-0.1, -0.05) is 42.5 Å². The van der Waals surface area contributed by atoms with Crippen LogP contribution in [0.4, 0.5) is 11.8 Å². The van der Waals surface area contributed by atoms with Crippen LogP contribution in [0.2, 0.25) is 0 Å². The van der Waals surface area contributed by atoms with Crippen LogP contribution in [-0.2, 0) is 11.3 Å². The van der Waals surface area contributed by atoms with Crippen LogP contribution < -0.4 is 15.5 Å². The van der Waals surface area contributed by atoms with E-state index >= 15 is 0 Å². The fourth-order valence-electron chi connectivity index (χ4n) is 4.53. The van der Waals surface area contributed by atoms with Crippen LogP contribution >= 0.6 is 0 Å². The van der Waals surface area contributed by atoms with E-state index in [4.69, 9.17) is 14.7 Å². The van der Waals surface area contributed by atoms with E-state index in [1.165, 1.54) is 31.2 Å². The van der Waals surface area contributed by atoms with Gasteiger partial charge in [-0.15, -0.1) is 0 Å². The van der Waals surface area contributed by atoms with Crippen molar-refractivity contribution in [3.05, 3.63) is 60.2 Å². The van der Waals surface area contributed by atoms with Crippen molar-refractivity contribution in [2.45, 2.75) is 44.8 Å². The van der Waals surface area contributed by atoms with Crippen LogP contribution in [0.5, 0.6) is 0 Å². The third-order valence-electron chi connectivity index (χ3n) is 6.37. The van der Waals surface area contributed by atoms with Crippen LogP contribution in [0, 0.1) is 5.92 Å². The Hall–Kier alpha value is -2.70. The van der Waals surface area contributed by atoms with Crippen molar-refractivity contribution in [3.8, 4) is 0 Å². The molecule has 0 aliphatic heterocycles. The maximum absolute atomic E-state index is 5.77. The average Bonchev–Trinajstić information content (AvgIpc) is 2.84. The largest absolute Gasteiger partial charge is 0.377 e. The molecular formula is C27H37N5O. The number of rotatable bonds is 11. The predicted octanol–water partition coefficient (Wildman–Crippen LogP) is 4.86. The molecule has 1 fully saturated rings. The number of nitrogens with one attached hydrogen (secondary N) is 2. The monoisotopic (exact) mass is 447 g/mol. The van der Waals surface area contributed by atoms with Gasteiger partial charge in [-0.05, 0) is 68.8 Å². The van der Waals surface area contributed by atoms with Crippen LogP contribution in [0.3, 0.4) is 0 Å².